The van der Waals surface area contributed by atoms with Crippen LogP contribution in [0.5, 0.6) is 0 Å². The summed E-state index contributed by atoms with van der Waals surface area (Å²) in [6, 6.07) is 4.19. The fourth-order valence-corrected chi connectivity index (χ4v) is 2.18. The van der Waals surface area contributed by atoms with Gasteiger partial charge in [0.05, 0.1) is 12.2 Å². The van der Waals surface area contributed by atoms with E-state index in [1.165, 1.54) is 19.3 Å². The molecular weight excluding hydrogens is 228 g/mol. The molecule has 0 radical (unpaired) electrons. The number of piperidine rings is 1. The summed E-state index contributed by atoms with van der Waals surface area (Å²) >= 11 is 0. The van der Waals surface area contributed by atoms with Crippen molar-refractivity contribution in [3.8, 4) is 0 Å². The van der Waals surface area contributed by atoms with Gasteiger partial charge in [-0.1, -0.05) is 6.42 Å². The van der Waals surface area contributed by atoms with E-state index in [1.54, 1.807) is 6.20 Å². The fourth-order valence-electron chi connectivity index (χ4n) is 2.18. The monoisotopic (exact) mass is 248 g/mol. The van der Waals surface area contributed by atoms with Gasteiger partial charge in [-0.3, -0.25) is 4.79 Å². The molecule has 1 amide bonds. The van der Waals surface area contributed by atoms with Crippen LogP contribution in [0.4, 0.5) is 0 Å². The zero-order valence-corrected chi connectivity index (χ0v) is 10.6. The lowest BCUT2D eigenvalue weighted by Crippen LogP contribution is -2.35. The van der Waals surface area contributed by atoms with Gasteiger partial charge in [0.2, 0.25) is 5.91 Å². The van der Waals surface area contributed by atoms with Gasteiger partial charge in [-0.2, -0.15) is 10.2 Å². The van der Waals surface area contributed by atoms with Crippen LogP contribution in [-0.2, 0) is 11.3 Å². The van der Waals surface area contributed by atoms with E-state index in [-0.39, 0.29) is 5.91 Å². The van der Waals surface area contributed by atoms with Crippen LogP contribution < -0.4 is 10.6 Å². The van der Waals surface area contributed by atoms with Crippen LogP contribution in [0.2, 0.25) is 0 Å². The van der Waals surface area contributed by atoms with E-state index in [2.05, 4.69) is 20.8 Å². The van der Waals surface area contributed by atoms with Crippen molar-refractivity contribution in [3.63, 3.8) is 0 Å². The maximum Gasteiger partial charge on any atom is 0.220 e. The Balaban J connectivity index is 1.63. The molecule has 0 spiro atoms. The van der Waals surface area contributed by atoms with Crippen LogP contribution in [-0.4, -0.2) is 28.7 Å². The molecule has 1 saturated heterocycles. The lowest BCUT2D eigenvalue weighted by molar-refractivity contribution is -0.121. The largest absolute Gasteiger partial charge is 0.350 e. The Morgan fingerprint density at radius 1 is 1.50 bits per heavy atom. The second-order valence-electron chi connectivity index (χ2n) is 4.68. The predicted molar refractivity (Wildman–Crippen MR) is 68.8 cm³/mol. The average molecular weight is 248 g/mol. The zero-order valence-electron chi connectivity index (χ0n) is 10.6. The number of nitrogens with zero attached hydrogens (tertiary/aromatic N) is 2. The molecule has 18 heavy (non-hydrogen) atoms. The zero-order chi connectivity index (χ0) is 12.6. The third-order valence-electron chi connectivity index (χ3n) is 3.23. The summed E-state index contributed by atoms with van der Waals surface area (Å²) in [6.07, 6.45) is 6.86. The van der Waals surface area contributed by atoms with Crippen molar-refractivity contribution < 1.29 is 4.79 Å². The standard InChI is InChI=1S/C13H20N4O/c18-13(7-6-11-4-1-2-8-14-11)15-10-12-5-3-9-16-17-12/h3,5,9,11,14H,1-2,4,6-8,10H2,(H,15,18). The molecule has 2 rings (SSSR count). The second-order valence-corrected chi connectivity index (χ2v) is 4.68. The van der Waals surface area contributed by atoms with E-state index in [1.807, 2.05) is 12.1 Å². The molecule has 0 bridgehead atoms. The lowest BCUT2D eigenvalue weighted by Gasteiger charge is -2.22. The summed E-state index contributed by atoms with van der Waals surface area (Å²) in [6.45, 7) is 1.55. The Morgan fingerprint density at radius 2 is 2.44 bits per heavy atom. The Hall–Kier alpha value is -1.49. The molecule has 1 aromatic rings. The summed E-state index contributed by atoms with van der Waals surface area (Å²) in [5.41, 5.74) is 0.793. The minimum atomic E-state index is 0.0908. The quantitative estimate of drug-likeness (QED) is 0.816. The normalized spacial score (nSPS) is 19.4. The summed E-state index contributed by atoms with van der Waals surface area (Å²) in [5, 5.41) is 14.0. The van der Waals surface area contributed by atoms with Crippen LogP contribution in [0.1, 0.15) is 37.8 Å². The number of nitrogens with one attached hydrogen (secondary N) is 2. The van der Waals surface area contributed by atoms with Gasteiger partial charge < -0.3 is 10.6 Å². The van der Waals surface area contributed by atoms with E-state index in [0.29, 0.717) is 19.0 Å². The molecule has 98 valence electrons. The van der Waals surface area contributed by atoms with E-state index in [4.69, 9.17) is 0 Å². The Morgan fingerprint density at radius 3 is 3.17 bits per heavy atom. The number of hydrogen-bond donors (Lipinski definition) is 2. The van der Waals surface area contributed by atoms with Crippen molar-refractivity contribution in [2.45, 2.75) is 44.7 Å². The van der Waals surface area contributed by atoms with Gasteiger partial charge >= 0.3 is 0 Å². The van der Waals surface area contributed by atoms with Crippen molar-refractivity contribution in [3.05, 3.63) is 24.0 Å². The van der Waals surface area contributed by atoms with Gasteiger partial charge in [0.15, 0.2) is 0 Å². The lowest BCUT2D eigenvalue weighted by atomic mass is 10.0. The van der Waals surface area contributed by atoms with Crippen LogP contribution in [0.15, 0.2) is 18.3 Å². The van der Waals surface area contributed by atoms with E-state index in [9.17, 15) is 4.79 Å². The maximum atomic E-state index is 11.7. The van der Waals surface area contributed by atoms with Crippen molar-refractivity contribution in [1.29, 1.82) is 0 Å². The highest BCUT2D eigenvalue weighted by atomic mass is 16.1. The Kier molecular flexibility index (Phi) is 5.08. The van der Waals surface area contributed by atoms with Gasteiger partial charge in [-0.25, -0.2) is 0 Å². The predicted octanol–water partition coefficient (Wildman–Crippen LogP) is 1.02. The summed E-state index contributed by atoms with van der Waals surface area (Å²) in [5.74, 6) is 0.0908. The number of rotatable bonds is 5. The second kappa shape index (κ2) is 7.06. The molecule has 1 unspecified atom stereocenters. The number of carbonyl (C=O) groups excluding carboxylic acids is 1. The molecule has 5 heteroatoms. The highest BCUT2D eigenvalue weighted by Gasteiger charge is 2.13. The minimum Gasteiger partial charge on any atom is -0.350 e. The summed E-state index contributed by atoms with van der Waals surface area (Å²) in [7, 11) is 0. The smallest absolute Gasteiger partial charge is 0.220 e. The molecule has 5 nitrogen and oxygen atoms in total. The highest BCUT2D eigenvalue weighted by molar-refractivity contribution is 5.75. The van der Waals surface area contributed by atoms with Gasteiger partial charge in [-0.15, -0.1) is 0 Å². The molecule has 0 aromatic carbocycles. The molecule has 0 saturated carbocycles. The third-order valence-corrected chi connectivity index (χ3v) is 3.23. The van der Waals surface area contributed by atoms with Gasteiger partial charge in [0.25, 0.3) is 0 Å². The number of hydrogen-bond acceptors (Lipinski definition) is 4. The highest BCUT2D eigenvalue weighted by Crippen LogP contribution is 2.11. The first kappa shape index (κ1) is 13.0. The van der Waals surface area contributed by atoms with Crippen LogP contribution in [0.3, 0.4) is 0 Å². The first-order valence-corrected chi connectivity index (χ1v) is 6.61. The molecule has 1 atom stereocenters. The first-order chi connectivity index (χ1) is 8.84. The van der Waals surface area contributed by atoms with Crippen LogP contribution >= 0.6 is 0 Å². The molecule has 1 aliphatic rings. The minimum absolute atomic E-state index is 0.0908. The molecule has 2 N–H and O–H groups in total. The molecular formula is C13H20N4O. The molecule has 0 aliphatic carbocycles. The fraction of sp³-hybridized carbons (Fsp3) is 0.615. The van der Waals surface area contributed by atoms with Gasteiger partial charge in [0, 0.05) is 18.7 Å². The van der Waals surface area contributed by atoms with Gasteiger partial charge in [0.1, 0.15) is 0 Å². The maximum absolute atomic E-state index is 11.7. The summed E-state index contributed by atoms with van der Waals surface area (Å²) in [4.78, 5) is 11.7. The molecule has 1 aromatic heterocycles. The number of carbonyl (C=O) groups is 1. The third kappa shape index (κ3) is 4.41. The van der Waals surface area contributed by atoms with E-state index in [0.717, 1.165) is 18.7 Å². The Labute approximate surface area is 107 Å². The first-order valence-electron chi connectivity index (χ1n) is 6.61. The molecule has 1 fully saturated rings. The average Bonchev–Trinajstić information content (AvgIpc) is 2.45. The van der Waals surface area contributed by atoms with E-state index < -0.39 is 0 Å². The topological polar surface area (TPSA) is 66.9 Å². The van der Waals surface area contributed by atoms with Gasteiger partial charge in [-0.05, 0) is 37.9 Å². The van der Waals surface area contributed by atoms with Crippen molar-refractivity contribution in [2.75, 3.05) is 6.54 Å². The number of aromatic nitrogens is 2. The SMILES string of the molecule is O=C(CCC1CCCCN1)NCc1cccnn1. The van der Waals surface area contributed by atoms with E-state index >= 15 is 0 Å². The Bertz CT molecular complexity index is 363. The van der Waals surface area contributed by atoms with Crippen molar-refractivity contribution >= 4 is 5.91 Å². The summed E-state index contributed by atoms with van der Waals surface area (Å²) < 4.78 is 0. The van der Waals surface area contributed by atoms with Crippen molar-refractivity contribution in [1.82, 2.24) is 20.8 Å². The van der Waals surface area contributed by atoms with Crippen LogP contribution in [0, 0.1) is 0 Å². The number of amides is 1. The van der Waals surface area contributed by atoms with Crippen LogP contribution in [0.25, 0.3) is 0 Å². The molecule has 1 aliphatic heterocycles. The molecule has 2 heterocycles. The van der Waals surface area contributed by atoms with Crippen molar-refractivity contribution in [2.24, 2.45) is 0 Å².